The van der Waals surface area contributed by atoms with E-state index < -0.39 is 0 Å². The van der Waals surface area contributed by atoms with Crippen molar-refractivity contribution in [3.8, 4) is 0 Å². The van der Waals surface area contributed by atoms with Crippen LogP contribution >= 0.6 is 0 Å². The lowest BCUT2D eigenvalue weighted by Crippen LogP contribution is -2.45. The first-order valence-corrected chi connectivity index (χ1v) is 7.58. The number of aromatic nitrogens is 1. The van der Waals surface area contributed by atoms with Crippen molar-refractivity contribution in [1.82, 2.24) is 15.2 Å². The van der Waals surface area contributed by atoms with Crippen molar-refractivity contribution in [2.45, 2.75) is 13.3 Å². The van der Waals surface area contributed by atoms with Crippen LogP contribution < -0.4 is 5.32 Å². The summed E-state index contributed by atoms with van der Waals surface area (Å²) in [5, 5.41) is 4.66. The second-order valence-electron chi connectivity index (χ2n) is 5.89. The lowest BCUT2D eigenvalue weighted by Gasteiger charge is -2.29. The summed E-state index contributed by atoms with van der Waals surface area (Å²) in [7, 11) is 0. The minimum absolute atomic E-state index is 0.697. The third-order valence-electron chi connectivity index (χ3n) is 4.03. The maximum absolute atomic E-state index is 4.38. The fraction of sp³-hybridized carbons (Fsp3) is 0.471. The summed E-state index contributed by atoms with van der Waals surface area (Å²) in [4.78, 5) is 6.95. The van der Waals surface area contributed by atoms with Crippen LogP contribution in [0.4, 0.5) is 0 Å². The average Bonchev–Trinajstić information content (AvgIpc) is 2.48. The highest BCUT2D eigenvalue weighted by atomic mass is 15.2. The Bertz CT molecular complexity index is 561. The Balaban J connectivity index is 1.62. The van der Waals surface area contributed by atoms with E-state index in [4.69, 9.17) is 0 Å². The Kier molecular flexibility index (Phi) is 4.28. The molecular formula is C17H23N3. The van der Waals surface area contributed by atoms with Crippen molar-refractivity contribution in [2.75, 3.05) is 32.7 Å². The zero-order valence-electron chi connectivity index (χ0n) is 12.2. The summed E-state index contributed by atoms with van der Waals surface area (Å²) in [6.45, 7) is 8.20. The third-order valence-corrected chi connectivity index (χ3v) is 4.03. The van der Waals surface area contributed by atoms with Gasteiger partial charge < -0.3 is 10.2 Å². The Hall–Kier alpha value is -1.45. The summed E-state index contributed by atoms with van der Waals surface area (Å²) in [5.74, 6) is 0.697. The van der Waals surface area contributed by atoms with Crippen LogP contribution in [0.25, 0.3) is 10.9 Å². The molecule has 3 rings (SSSR count). The first-order chi connectivity index (χ1) is 9.81. The van der Waals surface area contributed by atoms with Gasteiger partial charge >= 0.3 is 0 Å². The van der Waals surface area contributed by atoms with Gasteiger partial charge in [0, 0.05) is 44.3 Å². The molecule has 0 bridgehead atoms. The number of rotatable bonds is 4. The van der Waals surface area contributed by atoms with E-state index in [1.807, 2.05) is 12.3 Å². The summed E-state index contributed by atoms with van der Waals surface area (Å²) in [5.41, 5.74) is 2.51. The van der Waals surface area contributed by atoms with Crippen LogP contribution in [0.15, 0.2) is 36.5 Å². The Morgan fingerprint density at radius 3 is 2.95 bits per heavy atom. The van der Waals surface area contributed by atoms with Crippen LogP contribution in [0.3, 0.4) is 0 Å². The number of piperazine rings is 1. The van der Waals surface area contributed by atoms with Crippen molar-refractivity contribution < 1.29 is 0 Å². The van der Waals surface area contributed by atoms with Crippen LogP contribution in [0, 0.1) is 5.92 Å². The molecule has 1 N–H and O–H groups in total. The van der Waals surface area contributed by atoms with E-state index in [0.717, 1.165) is 25.0 Å². The fourth-order valence-corrected chi connectivity index (χ4v) is 3.05. The topological polar surface area (TPSA) is 28.2 Å². The number of nitrogens with zero attached hydrogens (tertiary/aromatic N) is 2. The van der Waals surface area contributed by atoms with Gasteiger partial charge in [-0.2, -0.15) is 0 Å². The average molecular weight is 269 g/mol. The number of fused-ring (bicyclic) bond motifs is 1. The largest absolute Gasteiger partial charge is 0.314 e. The lowest BCUT2D eigenvalue weighted by atomic mass is 9.99. The minimum atomic E-state index is 0.697. The molecule has 1 saturated heterocycles. The highest BCUT2D eigenvalue weighted by molar-refractivity contribution is 5.78. The van der Waals surface area contributed by atoms with Crippen molar-refractivity contribution in [3.63, 3.8) is 0 Å². The quantitative estimate of drug-likeness (QED) is 0.923. The lowest BCUT2D eigenvalue weighted by molar-refractivity contribution is 0.211. The minimum Gasteiger partial charge on any atom is -0.314 e. The van der Waals surface area contributed by atoms with Crippen LogP contribution in [-0.4, -0.2) is 42.6 Å². The van der Waals surface area contributed by atoms with Gasteiger partial charge in [0.1, 0.15) is 0 Å². The van der Waals surface area contributed by atoms with E-state index in [2.05, 4.69) is 46.4 Å². The number of nitrogens with one attached hydrogen (secondary N) is 1. The zero-order valence-corrected chi connectivity index (χ0v) is 12.2. The number of hydrogen-bond donors (Lipinski definition) is 1. The van der Waals surface area contributed by atoms with Crippen molar-refractivity contribution in [2.24, 2.45) is 5.92 Å². The molecular weight excluding hydrogens is 246 g/mol. The van der Waals surface area contributed by atoms with E-state index in [1.54, 1.807) is 0 Å². The Morgan fingerprint density at radius 1 is 1.25 bits per heavy atom. The van der Waals surface area contributed by atoms with Gasteiger partial charge in [-0.05, 0) is 36.1 Å². The molecule has 3 nitrogen and oxygen atoms in total. The molecule has 1 aromatic heterocycles. The summed E-state index contributed by atoms with van der Waals surface area (Å²) in [6, 6.07) is 10.8. The standard InChI is InChI=1S/C17H23N3/c1-14(13-20-9-7-18-8-10-20)11-15-4-5-17-16(12-15)3-2-6-19-17/h2-6,12,14,18H,7-11,13H2,1H3. The summed E-state index contributed by atoms with van der Waals surface area (Å²) >= 11 is 0. The van der Waals surface area contributed by atoms with E-state index in [9.17, 15) is 0 Å². The Morgan fingerprint density at radius 2 is 2.10 bits per heavy atom. The van der Waals surface area contributed by atoms with Crippen LogP contribution in [0.5, 0.6) is 0 Å². The molecule has 1 fully saturated rings. The highest BCUT2D eigenvalue weighted by Gasteiger charge is 2.13. The summed E-state index contributed by atoms with van der Waals surface area (Å²) < 4.78 is 0. The predicted octanol–water partition coefficient (Wildman–Crippen LogP) is 2.32. The molecule has 1 aliphatic rings. The van der Waals surface area contributed by atoms with Gasteiger partial charge in [0.15, 0.2) is 0 Å². The van der Waals surface area contributed by atoms with Gasteiger partial charge in [0.25, 0.3) is 0 Å². The summed E-state index contributed by atoms with van der Waals surface area (Å²) in [6.07, 6.45) is 3.00. The molecule has 20 heavy (non-hydrogen) atoms. The third kappa shape index (κ3) is 3.35. The van der Waals surface area contributed by atoms with E-state index in [-0.39, 0.29) is 0 Å². The molecule has 1 aromatic carbocycles. The molecule has 106 valence electrons. The predicted molar refractivity (Wildman–Crippen MR) is 83.9 cm³/mol. The fourth-order valence-electron chi connectivity index (χ4n) is 3.05. The number of hydrogen-bond acceptors (Lipinski definition) is 3. The smallest absolute Gasteiger partial charge is 0.0702 e. The molecule has 2 aromatic rings. The number of pyridine rings is 1. The molecule has 0 aliphatic carbocycles. The maximum atomic E-state index is 4.38. The molecule has 0 amide bonds. The normalized spacial score (nSPS) is 18.2. The maximum Gasteiger partial charge on any atom is 0.0702 e. The van der Waals surface area contributed by atoms with Crippen molar-refractivity contribution >= 4 is 10.9 Å². The molecule has 3 heteroatoms. The van der Waals surface area contributed by atoms with Crippen LogP contribution in [0.2, 0.25) is 0 Å². The molecule has 2 heterocycles. The van der Waals surface area contributed by atoms with Gasteiger partial charge in [0.05, 0.1) is 5.52 Å². The van der Waals surface area contributed by atoms with Gasteiger partial charge in [-0.25, -0.2) is 0 Å². The van der Waals surface area contributed by atoms with E-state index >= 15 is 0 Å². The molecule has 0 spiro atoms. The van der Waals surface area contributed by atoms with Gasteiger partial charge in [-0.15, -0.1) is 0 Å². The van der Waals surface area contributed by atoms with Crippen LogP contribution in [-0.2, 0) is 6.42 Å². The monoisotopic (exact) mass is 269 g/mol. The zero-order chi connectivity index (χ0) is 13.8. The van der Waals surface area contributed by atoms with E-state index in [0.29, 0.717) is 5.92 Å². The molecule has 1 atom stereocenters. The van der Waals surface area contributed by atoms with Crippen molar-refractivity contribution in [1.29, 1.82) is 0 Å². The first kappa shape index (κ1) is 13.5. The van der Waals surface area contributed by atoms with Crippen LogP contribution in [0.1, 0.15) is 12.5 Å². The van der Waals surface area contributed by atoms with E-state index in [1.165, 1.54) is 30.6 Å². The first-order valence-electron chi connectivity index (χ1n) is 7.58. The Labute approximate surface area is 121 Å². The molecule has 1 unspecified atom stereocenters. The van der Waals surface area contributed by atoms with Gasteiger partial charge in [-0.1, -0.05) is 19.1 Å². The number of benzene rings is 1. The highest BCUT2D eigenvalue weighted by Crippen LogP contribution is 2.17. The SMILES string of the molecule is CC(Cc1ccc2ncccc2c1)CN1CCNCC1. The van der Waals surface area contributed by atoms with Gasteiger partial charge in [-0.3, -0.25) is 4.98 Å². The second-order valence-corrected chi connectivity index (χ2v) is 5.89. The van der Waals surface area contributed by atoms with Crippen molar-refractivity contribution in [3.05, 3.63) is 42.1 Å². The second kappa shape index (κ2) is 6.33. The molecule has 0 radical (unpaired) electrons. The molecule has 1 aliphatic heterocycles. The van der Waals surface area contributed by atoms with Gasteiger partial charge in [0.2, 0.25) is 0 Å². The molecule has 0 saturated carbocycles.